The van der Waals surface area contributed by atoms with Crippen molar-refractivity contribution >= 4 is 39.6 Å². The number of halogens is 4. The van der Waals surface area contributed by atoms with Crippen molar-refractivity contribution in [3.05, 3.63) is 52.0 Å². The van der Waals surface area contributed by atoms with E-state index in [2.05, 4.69) is 31.8 Å². The lowest BCUT2D eigenvalue weighted by molar-refractivity contribution is -0.137. The van der Waals surface area contributed by atoms with Gasteiger partial charge in [-0.05, 0) is 51.8 Å². The summed E-state index contributed by atoms with van der Waals surface area (Å²) in [5, 5.41) is 15.6. The van der Waals surface area contributed by atoms with E-state index in [4.69, 9.17) is 4.74 Å². The smallest absolute Gasteiger partial charge is 0.416 e. The molecule has 2 rings (SSSR count). The lowest BCUT2D eigenvalue weighted by Crippen LogP contribution is -2.24. The summed E-state index contributed by atoms with van der Waals surface area (Å²) in [7, 11) is 1.37. The van der Waals surface area contributed by atoms with Gasteiger partial charge in [-0.15, -0.1) is 0 Å². The van der Waals surface area contributed by atoms with Gasteiger partial charge in [-0.1, -0.05) is 6.07 Å². The summed E-state index contributed by atoms with van der Waals surface area (Å²) in [6, 6.07) is 7.05. The van der Waals surface area contributed by atoms with Crippen molar-refractivity contribution in [2.45, 2.75) is 12.6 Å². The van der Waals surface area contributed by atoms with Gasteiger partial charge in [0.25, 0.3) is 0 Å². The molecule has 2 aromatic carbocycles. The molecule has 0 aliphatic rings. The second-order valence-corrected chi connectivity index (χ2v) is 6.50. The monoisotopic (exact) mass is 473 g/mol. The van der Waals surface area contributed by atoms with Crippen LogP contribution in [0.2, 0.25) is 0 Å². The molecule has 2 amide bonds. The molecule has 0 saturated heterocycles. The molecule has 0 radical (unpaired) electrons. The van der Waals surface area contributed by atoms with Gasteiger partial charge in [0.15, 0.2) is 11.5 Å². The van der Waals surface area contributed by atoms with Crippen molar-refractivity contribution < 1.29 is 32.6 Å². The molecule has 0 spiro atoms. The summed E-state index contributed by atoms with van der Waals surface area (Å²) < 4.78 is 43.3. The van der Waals surface area contributed by atoms with Crippen molar-refractivity contribution in [3.8, 4) is 11.5 Å². The third-order valence-corrected chi connectivity index (χ3v) is 4.07. The number of rotatable bonds is 6. The molecule has 7 nitrogen and oxygen atoms in total. The number of carbonyl (C=O) groups is 2. The Kier molecular flexibility index (Phi) is 7.21. The Morgan fingerprint density at radius 1 is 1.24 bits per heavy atom. The SMILES string of the molecule is COc1cc(C=NNC(=O)CC(=O)Nc2cccc(C(F)(F)F)c2)cc(Br)c1O. The topological polar surface area (TPSA) is 100 Å². The van der Waals surface area contributed by atoms with Crippen LogP contribution in [0.25, 0.3) is 0 Å². The number of hydrazone groups is 1. The number of hydrogen-bond donors (Lipinski definition) is 3. The summed E-state index contributed by atoms with van der Waals surface area (Å²) in [5.74, 6) is -1.48. The minimum Gasteiger partial charge on any atom is -0.503 e. The Morgan fingerprint density at radius 2 is 1.97 bits per heavy atom. The van der Waals surface area contributed by atoms with Gasteiger partial charge in [0, 0.05) is 5.69 Å². The number of anilines is 1. The van der Waals surface area contributed by atoms with Crippen molar-refractivity contribution in [2.24, 2.45) is 5.10 Å². The first-order valence-electron chi connectivity index (χ1n) is 7.95. The maximum Gasteiger partial charge on any atom is 0.416 e. The van der Waals surface area contributed by atoms with Gasteiger partial charge < -0.3 is 15.2 Å². The van der Waals surface area contributed by atoms with E-state index in [-0.39, 0.29) is 17.2 Å². The fourth-order valence-corrected chi connectivity index (χ4v) is 2.63. The zero-order valence-electron chi connectivity index (χ0n) is 14.9. The Bertz CT molecular complexity index is 948. The number of benzene rings is 2. The van der Waals surface area contributed by atoms with E-state index < -0.39 is 30.0 Å². The Hall–Kier alpha value is -3.08. The Labute approximate surface area is 171 Å². The third-order valence-electron chi connectivity index (χ3n) is 3.47. The molecule has 2 aromatic rings. The first-order chi connectivity index (χ1) is 13.6. The zero-order valence-corrected chi connectivity index (χ0v) is 16.5. The maximum atomic E-state index is 12.7. The summed E-state index contributed by atoms with van der Waals surface area (Å²) >= 11 is 3.14. The van der Waals surface area contributed by atoms with Crippen LogP contribution in [0.5, 0.6) is 11.5 Å². The number of nitrogens with zero attached hydrogens (tertiary/aromatic N) is 1. The molecule has 3 N–H and O–H groups in total. The van der Waals surface area contributed by atoms with E-state index in [1.165, 1.54) is 31.5 Å². The van der Waals surface area contributed by atoms with Gasteiger partial charge in [0.2, 0.25) is 11.8 Å². The molecule has 0 aliphatic heterocycles. The highest BCUT2D eigenvalue weighted by Gasteiger charge is 2.30. The first-order valence-corrected chi connectivity index (χ1v) is 8.75. The van der Waals surface area contributed by atoms with Gasteiger partial charge in [-0.2, -0.15) is 18.3 Å². The summed E-state index contributed by atoms with van der Waals surface area (Å²) in [4.78, 5) is 23.6. The van der Waals surface area contributed by atoms with Crippen LogP contribution in [0.15, 0.2) is 46.0 Å². The molecule has 0 bridgehead atoms. The van der Waals surface area contributed by atoms with Crippen LogP contribution in [-0.2, 0) is 15.8 Å². The second-order valence-electron chi connectivity index (χ2n) is 5.65. The Morgan fingerprint density at radius 3 is 2.62 bits per heavy atom. The molecule has 0 fully saturated rings. The third kappa shape index (κ3) is 6.49. The van der Waals surface area contributed by atoms with Crippen molar-refractivity contribution in [1.29, 1.82) is 0 Å². The van der Waals surface area contributed by atoms with E-state index in [1.807, 2.05) is 0 Å². The minimum absolute atomic E-state index is 0.0813. The molecule has 154 valence electrons. The number of hydrogen-bond acceptors (Lipinski definition) is 5. The van der Waals surface area contributed by atoms with Crippen LogP contribution in [0.3, 0.4) is 0 Å². The molecule has 0 unspecified atom stereocenters. The highest BCUT2D eigenvalue weighted by atomic mass is 79.9. The number of nitrogens with one attached hydrogen (secondary N) is 2. The number of ether oxygens (including phenoxy) is 1. The van der Waals surface area contributed by atoms with Gasteiger partial charge >= 0.3 is 6.18 Å². The highest BCUT2D eigenvalue weighted by Crippen LogP contribution is 2.34. The van der Waals surface area contributed by atoms with Gasteiger partial charge in [-0.25, -0.2) is 5.43 Å². The average Bonchev–Trinajstić information content (AvgIpc) is 2.63. The molecule has 0 saturated carbocycles. The first kappa shape index (κ1) is 22.2. The van der Waals surface area contributed by atoms with Crippen molar-refractivity contribution in [1.82, 2.24) is 5.43 Å². The number of amides is 2. The summed E-state index contributed by atoms with van der Waals surface area (Å²) in [6.45, 7) is 0. The zero-order chi connectivity index (χ0) is 21.6. The highest BCUT2D eigenvalue weighted by molar-refractivity contribution is 9.10. The maximum absolute atomic E-state index is 12.7. The fourth-order valence-electron chi connectivity index (χ4n) is 2.17. The van der Waals surface area contributed by atoms with E-state index in [0.29, 0.717) is 10.0 Å². The van der Waals surface area contributed by atoms with Crippen LogP contribution in [0.4, 0.5) is 18.9 Å². The normalized spacial score (nSPS) is 11.3. The van der Waals surface area contributed by atoms with Gasteiger partial charge in [0.1, 0.15) is 6.42 Å². The number of alkyl halides is 3. The molecule has 0 aromatic heterocycles. The van der Waals surface area contributed by atoms with Gasteiger partial charge in [-0.3, -0.25) is 9.59 Å². The second kappa shape index (κ2) is 9.41. The van der Waals surface area contributed by atoms with Crippen LogP contribution in [0.1, 0.15) is 17.5 Å². The number of phenols is 1. The van der Waals surface area contributed by atoms with Crippen LogP contribution >= 0.6 is 15.9 Å². The molecular formula is C18H15BrF3N3O4. The largest absolute Gasteiger partial charge is 0.503 e. The standard InChI is InChI=1S/C18H15BrF3N3O4/c1-29-14-6-10(5-13(19)17(14)28)9-23-25-16(27)8-15(26)24-12-4-2-3-11(7-12)18(20,21)22/h2-7,9,28H,8H2,1H3,(H,24,26)(H,25,27). The lowest BCUT2D eigenvalue weighted by atomic mass is 10.2. The number of methoxy groups -OCH3 is 1. The number of phenolic OH excluding ortho intramolecular Hbond substituents is 1. The molecule has 29 heavy (non-hydrogen) atoms. The molecule has 0 atom stereocenters. The Balaban J connectivity index is 1.92. The molecule has 0 aliphatic carbocycles. The average molecular weight is 474 g/mol. The van der Waals surface area contributed by atoms with Crippen LogP contribution < -0.4 is 15.5 Å². The van der Waals surface area contributed by atoms with Crippen LogP contribution in [0, 0.1) is 0 Å². The summed E-state index contributed by atoms with van der Waals surface area (Å²) in [6.07, 6.45) is -3.93. The lowest BCUT2D eigenvalue weighted by Gasteiger charge is -2.09. The number of carbonyl (C=O) groups excluding carboxylic acids is 2. The summed E-state index contributed by atoms with van der Waals surface area (Å²) in [5.41, 5.74) is 1.61. The van der Waals surface area contributed by atoms with E-state index in [1.54, 1.807) is 0 Å². The molecular weight excluding hydrogens is 459 g/mol. The van der Waals surface area contributed by atoms with Crippen LogP contribution in [-0.4, -0.2) is 30.2 Å². The predicted molar refractivity (Wildman–Crippen MR) is 103 cm³/mol. The van der Waals surface area contributed by atoms with Gasteiger partial charge in [0.05, 0.1) is 23.4 Å². The van der Waals surface area contributed by atoms with E-state index in [9.17, 15) is 27.9 Å². The molecule has 0 heterocycles. The quantitative estimate of drug-likeness (QED) is 0.338. The fraction of sp³-hybridized carbons (Fsp3) is 0.167. The minimum atomic E-state index is -4.54. The van der Waals surface area contributed by atoms with E-state index in [0.717, 1.165) is 18.2 Å². The predicted octanol–water partition coefficient (Wildman–Crippen LogP) is 3.66. The van der Waals surface area contributed by atoms with Crippen molar-refractivity contribution in [2.75, 3.05) is 12.4 Å². The molecule has 11 heteroatoms. The van der Waals surface area contributed by atoms with E-state index >= 15 is 0 Å². The van der Waals surface area contributed by atoms with Crippen molar-refractivity contribution in [3.63, 3.8) is 0 Å². The number of aromatic hydroxyl groups is 1.